The van der Waals surface area contributed by atoms with Crippen LogP contribution in [0.5, 0.6) is 0 Å². The van der Waals surface area contributed by atoms with Gasteiger partial charge in [0, 0.05) is 30.7 Å². The van der Waals surface area contributed by atoms with E-state index in [9.17, 15) is 4.39 Å². The van der Waals surface area contributed by atoms with Crippen LogP contribution in [0.25, 0.3) is 27.7 Å². The normalized spacial score (nSPS) is 11.5. The van der Waals surface area contributed by atoms with Gasteiger partial charge in [-0.05, 0) is 35.7 Å². The summed E-state index contributed by atoms with van der Waals surface area (Å²) >= 11 is 0. The third-order valence-corrected chi connectivity index (χ3v) is 4.38. The highest BCUT2D eigenvalue weighted by Crippen LogP contribution is 2.35. The predicted molar refractivity (Wildman–Crippen MR) is 92.4 cm³/mol. The maximum absolute atomic E-state index is 14.8. The Morgan fingerprint density at radius 1 is 1.33 bits per heavy atom. The van der Waals surface area contributed by atoms with Crippen molar-refractivity contribution < 1.29 is 4.39 Å². The SMILES string of the molecule is CNc1cn2cc(-c3c(C)c(F)c(CN)c4[nH]ncc34)ccc2n1. The van der Waals surface area contributed by atoms with Gasteiger partial charge in [-0.25, -0.2) is 9.37 Å². The van der Waals surface area contributed by atoms with Crippen molar-refractivity contribution in [3.05, 3.63) is 47.7 Å². The Bertz CT molecular complexity index is 1060. The topological polar surface area (TPSA) is 84.0 Å². The van der Waals surface area contributed by atoms with E-state index < -0.39 is 0 Å². The van der Waals surface area contributed by atoms with Crippen LogP contribution in [-0.4, -0.2) is 26.6 Å². The van der Waals surface area contributed by atoms with Crippen LogP contribution < -0.4 is 11.1 Å². The first kappa shape index (κ1) is 14.6. The van der Waals surface area contributed by atoms with Gasteiger partial charge in [-0.2, -0.15) is 5.10 Å². The third-order valence-electron chi connectivity index (χ3n) is 4.38. The molecule has 4 aromatic rings. The van der Waals surface area contributed by atoms with Crippen LogP contribution in [0.3, 0.4) is 0 Å². The molecule has 3 aromatic heterocycles. The Kier molecular flexibility index (Phi) is 3.24. The lowest BCUT2D eigenvalue weighted by atomic mass is 9.94. The molecule has 0 saturated heterocycles. The van der Waals surface area contributed by atoms with E-state index >= 15 is 0 Å². The lowest BCUT2D eigenvalue weighted by Crippen LogP contribution is -2.04. The van der Waals surface area contributed by atoms with E-state index in [4.69, 9.17) is 5.73 Å². The Hall–Kier alpha value is -2.93. The maximum atomic E-state index is 14.8. The van der Waals surface area contributed by atoms with Gasteiger partial charge in [0.1, 0.15) is 17.3 Å². The van der Waals surface area contributed by atoms with Crippen LogP contribution >= 0.6 is 0 Å². The Morgan fingerprint density at radius 2 is 2.17 bits per heavy atom. The summed E-state index contributed by atoms with van der Waals surface area (Å²) in [6, 6.07) is 3.86. The number of H-pyrrole nitrogens is 1. The van der Waals surface area contributed by atoms with Gasteiger partial charge in [-0.3, -0.25) is 5.10 Å². The van der Waals surface area contributed by atoms with Gasteiger partial charge in [0.15, 0.2) is 0 Å². The summed E-state index contributed by atoms with van der Waals surface area (Å²) in [6.45, 7) is 1.89. The number of benzene rings is 1. The predicted octanol–water partition coefficient (Wildman–Crippen LogP) is 2.83. The second kappa shape index (κ2) is 5.31. The zero-order valence-electron chi connectivity index (χ0n) is 13.4. The minimum atomic E-state index is -0.286. The van der Waals surface area contributed by atoms with Crippen LogP contribution in [0.2, 0.25) is 0 Å². The molecule has 0 aliphatic rings. The van der Waals surface area contributed by atoms with Crippen molar-refractivity contribution in [1.29, 1.82) is 0 Å². The molecule has 0 bridgehead atoms. The van der Waals surface area contributed by atoms with Gasteiger partial charge >= 0.3 is 0 Å². The lowest BCUT2D eigenvalue weighted by Gasteiger charge is -2.13. The zero-order valence-corrected chi connectivity index (χ0v) is 13.4. The van der Waals surface area contributed by atoms with E-state index in [1.165, 1.54) is 0 Å². The third kappa shape index (κ3) is 1.98. The number of fused-ring (bicyclic) bond motifs is 2. The number of hydrogen-bond acceptors (Lipinski definition) is 4. The molecule has 0 radical (unpaired) electrons. The summed E-state index contributed by atoms with van der Waals surface area (Å²) in [7, 11) is 1.82. The number of rotatable bonds is 3. The molecule has 0 aliphatic heterocycles. The number of pyridine rings is 1. The maximum Gasteiger partial charge on any atom is 0.145 e. The highest BCUT2D eigenvalue weighted by Gasteiger charge is 2.19. The Balaban J connectivity index is 2.02. The number of hydrogen-bond donors (Lipinski definition) is 3. The van der Waals surface area contributed by atoms with Gasteiger partial charge in [0.2, 0.25) is 0 Å². The molecule has 6 nitrogen and oxygen atoms in total. The van der Waals surface area contributed by atoms with Gasteiger partial charge in [-0.1, -0.05) is 0 Å². The van der Waals surface area contributed by atoms with Gasteiger partial charge in [-0.15, -0.1) is 0 Å². The number of anilines is 1. The molecular weight excluding hydrogens is 307 g/mol. The van der Waals surface area contributed by atoms with Crippen molar-refractivity contribution in [2.45, 2.75) is 13.5 Å². The fraction of sp³-hybridized carbons (Fsp3) is 0.176. The van der Waals surface area contributed by atoms with Crippen LogP contribution in [0.15, 0.2) is 30.7 Å². The molecule has 0 fully saturated rings. The van der Waals surface area contributed by atoms with Crippen LogP contribution in [-0.2, 0) is 6.54 Å². The summed E-state index contributed by atoms with van der Waals surface area (Å²) in [6.07, 6.45) is 5.55. The van der Waals surface area contributed by atoms with E-state index in [0.717, 1.165) is 28.0 Å². The number of nitrogens with zero attached hydrogens (tertiary/aromatic N) is 3. The zero-order chi connectivity index (χ0) is 16.8. The smallest absolute Gasteiger partial charge is 0.145 e. The van der Waals surface area contributed by atoms with Crippen molar-refractivity contribution in [2.24, 2.45) is 5.73 Å². The van der Waals surface area contributed by atoms with Crippen molar-refractivity contribution in [3.8, 4) is 11.1 Å². The Morgan fingerprint density at radius 3 is 2.92 bits per heavy atom. The summed E-state index contributed by atoms with van der Waals surface area (Å²) in [4.78, 5) is 4.43. The van der Waals surface area contributed by atoms with Crippen LogP contribution in [0.4, 0.5) is 10.2 Å². The second-order valence-electron chi connectivity index (χ2n) is 5.71. The number of nitrogens with one attached hydrogen (secondary N) is 2. The molecule has 3 heterocycles. The molecule has 122 valence electrons. The van der Waals surface area contributed by atoms with Gasteiger partial charge in [0.25, 0.3) is 0 Å². The van der Waals surface area contributed by atoms with Gasteiger partial charge in [0.05, 0.1) is 17.9 Å². The fourth-order valence-electron chi connectivity index (χ4n) is 3.18. The average molecular weight is 324 g/mol. The minimum absolute atomic E-state index is 0.123. The first-order valence-electron chi connectivity index (χ1n) is 7.65. The first-order valence-corrected chi connectivity index (χ1v) is 7.65. The van der Waals surface area contributed by atoms with Crippen molar-refractivity contribution >= 4 is 22.4 Å². The Labute approximate surface area is 137 Å². The van der Waals surface area contributed by atoms with Crippen LogP contribution in [0.1, 0.15) is 11.1 Å². The van der Waals surface area contributed by atoms with E-state index in [2.05, 4.69) is 20.5 Å². The molecule has 24 heavy (non-hydrogen) atoms. The minimum Gasteiger partial charge on any atom is -0.372 e. The highest BCUT2D eigenvalue weighted by molar-refractivity contribution is 5.98. The molecule has 0 unspecified atom stereocenters. The summed E-state index contributed by atoms with van der Waals surface area (Å²) in [5, 5.41) is 10.8. The van der Waals surface area contributed by atoms with E-state index in [-0.39, 0.29) is 12.4 Å². The van der Waals surface area contributed by atoms with Crippen molar-refractivity contribution in [2.75, 3.05) is 12.4 Å². The molecule has 7 heteroatoms. The molecule has 4 rings (SSSR count). The van der Waals surface area contributed by atoms with Crippen molar-refractivity contribution in [1.82, 2.24) is 19.6 Å². The molecule has 4 N–H and O–H groups in total. The molecular formula is C17H17FN6. The molecule has 0 atom stereocenters. The molecule has 0 saturated carbocycles. The monoisotopic (exact) mass is 324 g/mol. The molecule has 0 spiro atoms. The number of halogens is 1. The molecule has 1 aromatic carbocycles. The number of imidazole rings is 1. The van der Waals surface area contributed by atoms with Gasteiger partial charge < -0.3 is 15.5 Å². The molecule has 0 amide bonds. The number of nitrogens with two attached hydrogens (primary N) is 1. The van der Waals surface area contributed by atoms with E-state index in [0.29, 0.717) is 16.6 Å². The second-order valence-corrected chi connectivity index (χ2v) is 5.71. The summed E-state index contributed by atoms with van der Waals surface area (Å²) in [5.41, 5.74) is 9.93. The summed E-state index contributed by atoms with van der Waals surface area (Å²) in [5.74, 6) is 0.493. The standard InChI is InChI=1S/C17H17FN6/c1-9-15(12-6-21-23-17(12)11(5-19)16(9)18)10-3-4-14-22-13(20-2)8-24(14)7-10/h3-4,6-8,20H,5,19H2,1-2H3,(H,21,23). The van der Waals surface area contributed by atoms with E-state index in [1.807, 2.05) is 36.0 Å². The number of aromatic nitrogens is 4. The quantitative estimate of drug-likeness (QED) is 0.541. The average Bonchev–Trinajstić information content (AvgIpc) is 3.22. The van der Waals surface area contributed by atoms with Crippen molar-refractivity contribution in [3.63, 3.8) is 0 Å². The molecule has 0 aliphatic carbocycles. The first-order chi connectivity index (χ1) is 11.6. The summed E-state index contributed by atoms with van der Waals surface area (Å²) < 4.78 is 16.7. The number of aromatic amines is 1. The fourth-order valence-corrected chi connectivity index (χ4v) is 3.18. The van der Waals surface area contributed by atoms with E-state index in [1.54, 1.807) is 13.1 Å². The largest absolute Gasteiger partial charge is 0.372 e. The van der Waals surface area contributed by atoms with Crippen LogP contribution in [0, 0.1) is 12.7 Å². The lowest BCUT2D eigenvalue weighted by molar-refractivity contribution is 0.604. The highest BCUT2D eigenvalue weighted by atomic mass is 19.1.